The van der Waals surface area contributed by atoms with Crippen molar-refractivity contribution in [1.29, 1.82) is 0 Å². The minimum absolute atomic E-state index is 0.208. The number of hydrogen-bond donors (Lipinski definition) is 0. The van der Waals surface area contributed by atoms with Gasteiger partial charge in [0.15, 0.2) is 0 Å². The minimum atomic E-state index is -1.25. The van der Waals surface area contributed by atoms with Crippen LogP contribution in [0.25, 0.3) is 0 Å². The zero-order valence-corrected chi connectivity index (χ0v) is 9.48. The Balaban J connectivity index is 2.92. The molecule has 6 heteroatoms. The maximum Gasteiger partial charge on any atom is 0.239 e. The molecule has 0 spiro atoms. The summed E-state index contributed by atoms with van der Waals surface area (Å²) in [5.41, 5.74) is 0. The third-order valence-electron chi connectivity index (χ3n) is 1.94. The van der Waals surface area contributed by atoms with E-state index < -0.39 is 12.0 Å². The highest BCUT2D eigenvalue weighted by atomic mass is 32.2. The van der Waals surface area contributed by atoms with Crippen LogP contribution in [0.1, 0.15) is 13.8 Å². The number of hydrogen-bond acceptors (Lipinski definition) is 5. The quantitative estimate of drug-likeness (QED) is 0.621. The molecular formula is C8H10NO3S2-. The molecule has 0 radical (unpaired) electrons. The molecule has 0 aliphatic carbocycles. The SMILES string of the molecule is CC(C)[C@@H](C(=O)[O-])N1C(=O)CSC1=S. The monoisotopic (exact) mass is 232 g/mol. The molecule has 1 saturated heterocycles. The Morgan fingerprint density at radius 1 is 1.64 bits per heavy atom. The van der Waals surface area contributed by atoms with E-state index in [4.69, 9.17) is 12.2 Å². The van der Waals surface area contributed by atoms with Crippen molar-refractivity contribution in [2.75, 3.05) is 5.75 Å². The van der Waals surface area contributed by atoms with Gasteiger partial charge in [0, 0.05) is 0 Å². The van der Waals surface area contributed by atoms with Crippen LogP contribution in [-0.4, -0.2) is 32.9 Å². The van der Waals surface area contributed by atoms with Gasteiger partial charge in [0.1, 0.15) is 4.32 Å². The first-order valence-electron chi connectivity index (χ1n) is 4.14. The van der Waals surface area contributed by atoms with Crippen LogP contribution in [0.2, 0.25) is 0 Å². The molecule has 1 rings (SSSR count). The number of carbonyl (C=O) groups is 2. The lowest BCUT2D eigenvalue weighted by Crippen LogP contribution is -2.52. The molecule has 0 bridgehead atoms. The van der Waals surface area contributed by atoms with Crippen LogP contribution in [0.4, 0.5) is 0 Å². The van der Waals surface area contributed by atoms with Crippen molar-refractivity contribution in [1.82, 2.24) is 4.90 Å². The van der Waals surface area contributed by atoms with Gasteiger partial charge in [-0.3, -0.25) is 9.69 Å². The highest BCUT2D eigenvalue weighted by Gasteiger charge is 2.35. The standard InChI is InChI=1S/C8H11NO3S2/c1-4(2)6(7(11)12)9-5(10)3-14-8(9)13/h4,6H,3H2,1-2H3,(H,11,12)/p-1/t6-/m0/s1. The number of rotatable bonds is 3. The largest absolute Gasteiger partial charge is 0.548 e. The lowest BCUT2D eigenvalue weighted by atomic mass is 10.0. The highest BCUT2D eigenvalue weighted by Crippen LogP contribution is 2.24. The van der Waals surface area contributed by atoms with E-state index in [0.717, 1.165) is 4.90 Å². The van der Waals surface area contributed by atoms with Gasteiger partial charge in [0.25, 0.3) is 0 Å². The minimum Gasteiger partial charge on any atom is -0.548 e. The van der Waals surface area contributed by atoms with Crippen LogP contribution in [0.15, 0.2) is 0 Å². The average Bonchev–Trinajstić information content (AvgIpc) is 2.34. The topological polar surface area (TPSA) is 60.4 Å². The summed E-state index contributed by atoms with van der Waals surface area (Å²) >= 11 is 6.10. The van der Waals surface area contributed by atoms with Gasteiger partial charge in [-0.1, -0.05) is 37.8 Å². The highest BCUT2D eigenvalue weighted by molar-refractivity contribution is 8.23. The molecule has 1 amide bonds. The normalized spacial score (nSPS) is 19.2. The van der Waals surface area contributed by atoms with Gasteiger partial charge in [-0.15, -0.1) is 0 Å². The number of thioether (sulfide) groups is 1. The number of amides is 1. The van der Waals surface area contributed by atoms with Gasteiger partial charge < -0.3 is 9.90 Å². The van der Waals surface area contributed by atoms with Gasteiger partial charge in [0.05, 0.1) is 17.8 Å². The summed E-state index contributed by atoms with van der Waals surface area (Å²) in [7, 11) is 0. The van der Waals surface area contributed by atoms with Crippen molar-refractivity contribution in [3.05, 3.63) is 0 Å². The third-order valence-corrected chi connectivity index (χ3v) is 3.32. The Hall–Kier alpha value is -0.620. The Kier molecular flexibility index (Phi) is 3.49. The van der Waals surface area contributed by atoms with Crippen LogP contribution >= 0.6 is 24.0 Å². The van der Waals surface area contributed by atoms with Crippen LogP contribution in [0, 0.1) is 5.92 Å². The molecule has 1 aliphatic rings. The van der Waals surface area contributed by atoms with Gasteiger partial charge in [-0.2, -0.15) is 0 Å². The van der Waals surface area contributed by atoms with Gasteiger partial charge in [-0.05, 0) is 5.92 Å². The molecule has 0 aromatic heterocycles. The number of carbonyl (C=O) groups excluding carboxylic acids is 2. The number of aliphatic carboxylic acids is 1. The van der Waals surface area contributed by atoms with Gasteiger partial charge in [0.2, 0.25) is 5.91 Å². The Morgan fingerprint density at radius 2 is 2.21 bits per heavy atom. The average molecular weight is 232 g/mol. The first-order chi connectivity index (χ1) is 6.45. The van der Waals surface area contributed by atoms with Crippen molar-refractivity contribution in [2.45, 2.75) is 19.9 Å². The fourth-order valence-electron chi connectivity index (χ4n) is 1.31. The maximum atomic E-state index is 11.4. The van der Waals surface area contributed by atoms with Crippen molar-refractivity contribution >= 4 is 40.2 Å². The molecule has 1 fully saturated rings. The molecule has 0 N–H and O–H groups in total. The second kappa shape index (κ2) is 4.27. The van der Waals surface area contributed by atoms with Crippen molar-refractivity contribution < 1.29 is 14.7 Å². The van der Waals surface area contributed by atoms with Crippen molar-refractivity contribution in [2.24, 2.45) is 5.92 Å². The second-order valence-electron chi connectivity index (χ2n) is 3.33. The molecule has 0 aromatic carbocycles. The molecule has 14 heavy (non-hydrogen) atoms. The van der Waals surface area contributed by atoms with Gasteiger partial charge >= 0.3 is 0 Å². The molecule has 0 unspecified atom stereocenters. The summed E-state index contributed by atoms with van der Waals surface area (Å²) in [6, 6.07) is -0.940. The van der Waals surface area contributed by atoms with Crippen molar-refractivity contribution in [3.8, 4) is 0 Å². The summed E-state index contributed by atoms with van der Waals surface area (Å²) < 4.78 is 0.331. The number of thiocarbonyl (C=S) groups is 1. The molecule has 1 aliphatic heterocycles. The Morgan fingerprint density at radius 3 is 2.50 bits per heavy atom. The zero-order valence-electron chi connectivity index (χ0n) is 7.85. The van der Waals surface area contributed by atoms with E-state index in [9.17, 15) is 14.7 Å². The first-order valence-corrected chi connectivity index (χ1v) is 5.54. The smallest absolute Gasteiger partial charge is 0.239 e. The van der Waals surface area contributed by atoms with Gasteiger partial charge in [-0.25, -0.2) is 0 Å². The van der Waals surface area contributed by atoms with Crippen LogP contribution in [-0.2, 0) is 9.59 Å². The van der Waals surface area contributed by atoms with E-state index in [1.807, 2.05) is 0 Å². The summed E-state index contributed by atoms with van der Waals surface area (Å²) in [5.74, 6) is -1.48. The fourth-order valence-corrected chi connectivity index (χ4v) is 2.44. The molecule has 1 atom stereocenters. The number of carboxylic acid groups (broad SMARTS) is 1. The second-order valence-corrected chi connectivity index (χ2v) is 4.94. The molecule has 78 valence electrons. The molecule has 4 nitrogen and oxygen atoms in total. The first kappa shape index (κ1) is 11.5. The maximum absolute atomic E-state index is 11.4. The number of nitrogens with zero attached hydrogens (tertiary/aromatic N) is 1. The van der Waals surface area contributed by atoms with E-state index in [-0.39, 0.29) is 17.6 Å². The fraction of sp³-hybridized carbons (Fsp3) is 0.625. The molecular weight excluding hydrogens is 222 g/mol. The van der Waals surface area contributed by atoms with E-state index >= 15 is 0 Å². The summed E-state index contributed by atoms with van der Waals surface area (Å²) in [4.78, 5) is 23.4. The Bertz CT molecular complexity index is 274. The third kappa shape index (κ3) is 2.06. The van der Waals surface area contributed by atoms with E-state index in [0.29, 0.717) is 4.32 Å². The van der Waals surface area contributed by atoms with Crippen molar-refractivity contribution in [3.63, 3.8) is 0 Å². The predicted octanol–water partition coefficient (Wildman–Crippen LogP) is -0.379. The Labute approximate surface area is 91.6 Å². The van der Waals surface area contributed by atoms with E-state index in [1.54, 1.807) is 13.8 Å². The summed E-state index contributed by atoms with van der Waals surface area (Å²) in [5, 5.41) is 10.8. The molecule has 0 saturated carbocycles. The molecule has 1 heterocycles. The lowest BCUT2D eigenvalue weighted by Gasteiger charge is -2.30. The lowest BCUT2D eigenvalue weighted by molar-refractivity contribution is -0.311. The van der Waals surface area contributed by atoms with E-state index in [2.05, 4.69) is 0 Å². The van der Waals surface area contributed by atoms with Crippen LogP contribution < -0.4 is 5.11 Å². The van der Waals surface area contributed by atoms with Crippen LogP contribution in [0.5, 0.6) is 0 Å². The number of carboxylic acids is 1. The van der Waals surface area contributed by atoms with E-state index in [1.165, 1.54) is 11.8 Å². The summed E-state index contributed by atoms with van der Waals surface area (Å²) in [6.07, 6.45) is 0. The predicted molar refractivity (Wildman–Crippen MR) is 55.5 cm³/mol. The van der Waals surface area contributed by atoms with Crippen LogP contribution in [0.3, 0.4) is 0 Å². The summed E-state index contributed by atoms with van der Waals surface area (Å²) in [6.45, 7) is 3.44. The molecule has 0 aromatic rings. The zero-order chi connectivity index (χ0) is 10.9.